The Morgan fingerprint density at radius 1 is 1.38 bits per heavy atom. The van der Waals surface area contributed by atoms with E-state index < -0.39 is 11.4 Å². The van der Waals surface area contributed by atoms with Gasteiger partial charge < -0.3 is 5.11 Å². The second-order valence-corrected chi connectivity index (χ2v) is 5.17. The second-order valence-electron chi connectivity index (χ2n) is 5.17. The summed E-state index contributed by atoms with van der Waals surface area (Å²) >= 11 is 0. The van der Waals surface area contributed by atoms with Gasteiger partial charge in [0.2, 0.25) is 0 Å². The van der Waals surface area contributed by atoms with Crippen LogP contribution in [0.1, 0.15) is 43.7 Å². The zero-order valence-electron chi connectivity index (χ0n) is 9.86. The fourth-order valence-electron chi connectivity index (χ4n) is 2.65. The number of hydrogen-bond acceptors (Lipinski definition) is 1. The van der Waals surface area contributed by atoms with Crippen molar-refractivity contribution >= 4 is 5.97 Å². The summed E-state index contributed by atoms with van der Waals surface area (Å²) < 4.78 is 0. The normalized spacial score (nSPS) is 20.2. The Bertz CT molecular complexity index is 407. The lowest BCUT2D eigenvalue weighted by Crippen LogP contribution is -2.33. The number of benzene rings is 1. The molecule has 1 aromatic carbocycles. The number of carboxylic acid groups (broad SMARTS) is 1. The molecule has 0 amide bonds. The maximum absolute atomic E-state index is 11.3. The zero-order valence-corrected chi connectivity index (χ0v) is 9.86. The van der Waals surface area contributed by atoms with Crippen LogP contribution in [-0.2, 0) is 11.2 Å². The van der Waals surface area contributed by atoms with E-state index in [1.807, 2.05) is 26.0 Å². The molecule has 0 heterocycles. The molecule has 1 aliphatic carbocycles. The lowest BCUT2D eigenvalue weighted by molar-refractivity contribution is -0.148. The van der Waals surface area contributed by atoms with Gasteiger partial charge in [0.15, 0.2) is 0 Å². The van der Waals surface area contributed by atoms with Crippen molar-refractivity contribution in [2.75, 3.05) is 0 Å². The van der Waals surface area contributed by atoms with Crippen LogP contribution in [0.4, 0.5) is 0 Å². The predicted octanol–water partition coefficient (Wildman–Crippen LogP) is 3.22. The molecule has 2 nitrogen and oxygen atoms in total. The second kappa shape index (κ2) is 3.93. The Hall–Kier alpha value is -1.31. The van der Waals surface area contributed by atoms with E-state index in [1.54, 1.807) is 0 Å². The average Bonchev–Trinajstić information content (AvgIpc) is 2.28. The molecule has 1 N–H and O–H groups in total. The van der Waals surface area contributed by atoms with Gasteiger partial charge in [0.1, 0.15) is 0 Å². The van der Waals surface area contributed by atoms with Crippen LogP contribution in [0.5, 0.6) is 0 Å². The monoisotopic (exact) mass is 218 g/mol. The number of aliphatic carboxylic acids is 1. The van der Waals surface area contributed by atoms with Gasteiger partial charge in [-0.2, -0.15) is 0 Å². The standard InChI is InChI=1S/C14H18O2/c1-14(2,13(15)16)12-9-5-7-10-6-3-4-8-11(10)12/h3-4,6,8,12H,5,7,9H2,1-2H3,(H,15,16). The maximum atomic E-state index is 11.3. The number of fused-ring (bicyclic) bond motifs is 1. The molecule has 0 aliphatic heterocycles. The molecule has 1 atom stereocenters. The van der Waals surface area contributed by atoms with Crippen LogP contribution in [0.25, 0.3) is 0 Å². The fourth-order valence-corrected chi connectivity index (χ4v) is 2.65. The molecule has 2 heteroatoms. The molecule has 0 radical (unpaired) electrons. The van der Waals surface area contributed by atoms with Crippen LogP contribution in [0.2, 0.25) is 0 Å². The quantitative estimate of drug-likeness (QED) is 0.827. The van der Waals surface area contributed by atoms with Gasteiger partial charge in [-0.05, 0) is 50.2 Å². The van der Waals surface area contributed by atoms with E-state index in [-0.39, 0.29) is 5.92 Å². The van der Waals surface area contributed by atoms with Gasteiger partial charge in [-0.3, -0.25) is 4.79 Å². The summed E-state index contributed by atoms with van der Waals surface area (Å²) in [6.07, 6.45) is 3.16. The van der Waals surface area contributed by atoms with Crippen molar-refractivity contribution in [1.29, 1.82) is 0 Å². The Morgan fingerprint density at radius 3 is 2.75 bits per heavy atom. The average molecular weight is 218 g/mol. The third kappa shape index (κ3) is 1.73. The first-order valence-corrected chi connectivity index (χ1v) is 5.84. The Kier molecular flexibility index (Phi) is 2.75. The van der Waals surface area contributed by atoms with E-state index in [1.165, 1.54) is 11.1 Å². The first kappa shape index (κ1) is 11.2. The smallest absolute Gasteiger partial charge is 0.309 e. The number of rotatable bonds is 2. The van der Waals surface area contributed by atoms with Gasteiger partial charge in [-0.15, -0.1) is 0 Å². The number of hydrogen-bond donors (Lipinski definition) is 1. The summed E-state index contributed by atoms with van der Waals surface area (Å²) in [6.45, 7) is 3.67. The highest BCUT2D eigenvalue weighted by molar-refractivity contribution is 5.75. The van der Waals surface area contributed by atoms with Crippen molar-refractivity contribution in [1.82, 2.24) is 0 Å². The van der Waals surface area contributed by atoms with Crippen molar-refractivity contribution in [2.45, 2.75) is 39.0 Å². The molecule has 0 aromatic heterocycles. The molecule has 2 rings (SSSR count). The van der Waals surface area contributed by atoms with Crippen LogP contribution >= 0.6 is 0 Å². The molecular weight excluding hydrogens is 200 g/mol. The Morgan fingerprint density at radius 2 is 2.06 bits per heavy atom. The molecule has 0 bridgehead atoms. The summed E-state index contributed by atoms with van der Waals surface area (Å²) in [7, 11) is 0. The van der Waals surface area contributed by atoms with E-state index >= 15 is 0 Å². The molecule has 86 valence electrons. The van der Waals surface area contributed by atoms with Crippen molar-refractivity contribution in [3.05, 3.63) is 35.4 Å². The first-order chi connectivity index (χ1) is 7.53. The van der Waals surface area contributed by atoms with Crippen molar-refractivity contribution in [3.63, 3.8) is 0 Å². The lowest BCUT2D eigenvalue weighted by atomic mass is 9.68. The highest BCUT2D eigenvalue weighted by Gasteiger charge is 2.39. The minimum atomic E-state index is -0.700. The largest absolute Gasteiger partial charge is 0.481 e. The molecule has 0 fully saturated rings. The van der Waals surface area contributed by atoms with Crippen LogP contribution in [0, 0.1) is 5.41 Å². The first-order valence-electron chi connectivity index (χ1n) is 5.84. The van der Waals surface area contributed by atoms with Gasteiger partial charge in [-0.25, -0.2) is 0 Å². The molecule has 1 aliphatic rings. The van der Waals surface area contributed by atoms with Gasteiger partial charge in [0, 0.05) is 0 Å². The maximum Gasteiger partial charge on any atom is 0.309 e. The molecule has 0 saturated heterocycles. The van der Waals surface area contributed by atoms with Crippen molar-refractivity contribution in [3.8, 4) is 0 Å². The van der Waals surface area contributed by atoms with Gasteiger partial charge >= 0.3 is 5.97 Å². The lowest BCUT2D eigenvalue weighted by Gasteiger charge is -2.35. The van der Waals surface area contributed by atoms with E-state index in [0.29, 0.717) is 0 Å². The SMILES string of the molecule is CC(C)(C(=O)O)C1CCCc2ccccc21. The summed E-state index contributed by atoms with van der Waals surface area (Å²) in [5.41, 5.74) is 1.89. The number of carbonyl (C=O) groups is 1. The summed E-state index contributed by atoms with van der Waals surface area (Å²) in [5, 5.41) is 9.32. The third-order valence-electron chi connectivity index (χ3n) is 3.79. The number of carboxylic acids is 1. The topological polar surface area (TPSA) is 37.3 Å². The Balaban J connectivity index is 2.42. The van der Waals surface area contributed by atoms with Crippen LogP contribution in [0.3, 0.4) is 0 Å². The van der Waals surface area contributed by atoms with Gasteiger partial charge in [0.25, 0.3) is 0 Å². The van der Waals surface area contributed by atoms with Gasteiger partial charge in [-0.1, -0.05) is 24.3 Å². The molecule has 1 aromatic rings. The van der Waals surface area contributed by atoms with E-state index in [4.69, 9.17) is 0 Å². The molecular formula is C14H18O2. The highest BCUT2D eigenvalue weighted by atomic mass is 16.4. The van der Waals surface area contributed by atoms with Gasteiger partial charge in [0.05, 0.1) is 5.41 Å². The molecule has 0 saturated carbocycles. The minimum Gasteiger partial charge on any atom is -0.481 e. The fraction of sp³-hybridized carbons (Fsp3) is 0.500. The van der Waals surface area contributed by atoms with Crippen LogP contribution in [0.15, 0.2) is 24.3 Å². The minimum absolute atomic E-state index is 0.148. The van der Waals surface area contributed by atoms with E-state index in [9.17, 15) is 9.90 Å². The summed E-state index contributed by atoms with van der Waals surface area (Å²) in [4.78, 5) is 11.3. The van der Waals surface area contributed by atoms with Crippen molar-refractivity contribution in [2.24, 2.45) is 5.41 Å². The molecule has 1 unspecified atom stereocenters. The van der Waals surface area contributed by atoms with E-state index in [2.05, 4.69) is 12.1 Å². The predicted molar refractivity (Wildman–Crippen MR) is 63.5 cm³/mol. The summed E-state index contributed by atoms with van der Waals surface area (Å²) in [5.74, 6) is -0.552. The van der Waals surface area contributed by atoms with Crippen LogP contribution < -0.4 is 0 Å². The molecule has 0 spiro atoms. The third-order valence-corrected chi connectivity index (χ3v) is 3.79. The van der Waals surface area contributed by atoms with E-state index in [0.717, 1.165) is 19.3 Å². The molecule has 16 heavy (non-hydrogen) atoms. The Labute approximate surface area is 96.3 Å². The summed E-state index contributed by atoms with van der Waals surface area (Å²) in [6, 6.07) is 8.26. The van der Waals surface area contributed by atoms with Crippen LogP contribution in [-0.4, -0.2) is 11.1 Å². The number of aryl methyl sites for hydroxylation is 1. The van der Waals surface area contributed by atoms with Crippen molar-refractivity contribution < 1.29 is 9.90 Å². The zero-order chi connectivity index (χ0) is 11.8. The highest BCUT2D eigenvalue weighted by Crippen LogP contribution is 2.43.